The van der Waals surface area contributed by atoms with Crippen molar-refractivity contribution in [1.82, 2.24) is 4.90 Å². The molecule has 1 aliphatic carbocycles. The van der Waals surface area contributed by atoms with Gasteiger partial charge < -0.3 is 15.1 Å². The molecule has 0 spiro atoms. The highest BCUT2D eigenvalue weighted by Gasteiger charge is 2.24. The Labute approximate surface area is 179 Å². The van der Waals surface area contributed by atoms with Crippen LogP contribution in [-0.2, 0) is 4.79 Å². The van der Waals surface area contributed by atoms with Gasteiger partial charge in [-0.2, -0.15) is 0 Å². The van der Waals surface area contributed by atoms with Gasteiger partial charge in [-0.3, -0.25) is 9.59 Å². The number of carbonyl (C=O) groups is 2. The SMILES string of the molecule is Cc1ccccc1C(=O)N1CCN(c2ccc(NC(=O)C3CCCCC3)cc2)CC1. The van der Waals surface area contributed by atoms with Crippen LogP contribution in [0.25, 0.3) is 0 Å². The van der Waals surface area contributed by atoms with E-state index in [1.165, 1.54) is 6.42 Å². The van der Waals surface area contributed by atoms with E-state index in [-0.39, 0.29) is 17.7 Å². The summed E-state index contributed by atoms with van der Waals surface area (Å²) >= 11 is 0. The molecule has 0 unspecified atom stereocenters. The van der Waals surface area contributed by atoms with Crippen molar-refractivity contribution in [2.75, 3.05) is 36.4 Å². The Morgan fingerprint density at radius 2 is 1.53 bits per heavy atom. The zero-order chi connectivity index (χ0) is 20.9. The normalized spacial score (nSPS) is 17.6. The molecule has 2 aromatic carbocycles. The summed E-state index contributed by atoms with van der Waals surface area (Å²) < 4.78 is 0. The molecule has 0 bridgehead atoms. The lowest BCUT2D eigenvalue weighted by Gasteiger charge is -2.36. The topological polar surface area (TPSA) is 52.7 Å². The average molecular weight is 406 g/mol. The molecule has 158 valence electrons. The number of anilines is 2. The molecule has 0 atom stereocenters. The maximum absolute atomic E-state index is 12.8. The quantitative estimate of drug-likeness (QED) is 0.816. The summed E-state index contributed by atoms with van der Waals surface area (Å²) in [5.41, 5.74) is 3.82. The molecule has 1 aliphatic heterocycles. The third-order valence-corrected chi connectivity index (χ3v) is 6.42. The molecular weight excluding hydrogens is 374 g/mol. The maximum atomic E-state index is 12.8. The number of piperazine rings is 1. The van der Waals surface area contributed by atoms with E-state index in [1.807, 2.05) is 48.2 Å². The number of hydrogen-bond donors (Lipinski definition) is 1. The summed E-state index contributed by atoms with van der Waals surface area (Å²) in [5, 5.41) is 3.08. The summed E-state index contributed by atoms with van der Waals surface area (Å²) in [7, 11) is 0. The van der Waals surface area contributed by atoms with Crippen molar-refractivity contribution in [3.8, 4) is 0 Å². The Morgan fingerprint density at radius 3 is 2.20 bits per heavy atom. The molecule has 5 heteroatoms. The smallest absolute Gasteiger partial charge is 0.254 e. The van der Waals surface area contributed by atoms with Crippen molar-refractivity contribution >= 4 is 23.2 Å². The minimum Gasteiger partial charge on any atom is -0.368 e. The van der Waals surface area contributed by atoms with E-state index in [4.69, 9.17) is 0 Å². The van der Waals surface area contributed by atoms with Gasteiger partial charge in [0.05, 0.1) is 0 Å². The highest BCUT2D eigenvalue weighted by molar-refractivity contribution is 5.96. The second kappa shape index (κ2) is 9.33. The molecule has 5 nitrogen and oxygen atoms in total. The van der Waals surface area contributed by atoms with E-state index >= 15 is 0 Å². The summed E-state index contributed by atoms with van der Waals surface area (Å²) in [6.45, 7) is 5.04. The Morgan fingerprint density at radius 1 is 0.867 bits per heavy atom. The lowest BCUT2D eigenvalue weighted by atomic mass is 9.88. The minimum atomic E-state index is 0.119. The monoisotopic (exact) mass is 405 g/mol. The second-order valence-electron chi connectivity index (χ2n) is 8.47. The van der Waals surface area contributed by atoms with E-state index in [9.17, 15) is 9.59 Å². The second-order valence-corrected chi connectivity index (χ2v) is 8.47. The number of benzene rings is 2. The average Bonchev–Trinajstić information content (AvgIpc) is 2.80. The molecule has 0 radical (unpaired) electrons. The van der Waals surface area contributed by atoms with Gasteiger partial charge in [-0.1, -0.05) is 37.5 Å². The molecule has 1 N–H and O–H groups in total. The van der Waals surface area contributed by atoms with Crippen molar-refractivity contribution in [3.63, 3.8) is 0 Å². The van der Waals surface area contributed by atoms with Crippen LogP contribution in [0.5, 0.6) is 0 Å². The fraction of sp³-hybridized carbons (Fsp3) is 0.440. The number of nitrogens with one attached hydrogen (secondary N) is 1. The van der Waals surface area contributed by atoms with Crippen LogP contribution < -0.4 is 10.2 Å². The van der Waals surface area contributed by atoms with Gasteiger partial charge in [0.15, 0.2) is 0 Å². The third-order valence-electron chi connectivity index (χ3n) is 6.42. The zero-order valence-corrected chi connectivity index (χ0v) is 17.8. The molecule has 4 rings (SSSR count). The van der Waals surface area contributed by atoms with Crippen LogP contribution in [0.3, 0.4) is 0 Å². The molecule has 0 aromatic heterocycles. The van der Waals surface area contributed by atoms with Gasteiger partial charge in [0, 0.05) is 49.0 Å². The molecule has 1 saturated heterocycles. The number of hydrogen-bond acceptors (Lipinski definition) is 3. The van der Waals surface area contributed by atoms with E-state index in [0.29, 0.717) is 13.1 Å². The van der Waals surface area contributed by atoms with Gasteiger partial charge in [0.25, 0.3) is 5.91 Å². The van der Waals surface area contributed by atoms with Gasteiger partial charge in [-0.15, -0.1) is 0 Å². The Bertz CT molecular complexity index is 880. The Kier molecular flexibility index (Phi) is 6.36. The third kappa shape index (κ3) is 4.66. The first-order valence-electron chi connectivity index (χ1n) is 11.1. The number of carbonyl (C=O) groups excluding carboxylic acids is 2. The number of nitrogens with zero attached hydrogens (tertiary/aromatic N) is 2. The lowest BCUT2D eigenvalue weighted by molar-refractivity contribution is -0.120. The van der Waals surface area contributed by atoms with Crippen LogP contribution in [0.1, 0.15) is 48.0 Å². The predicted octanol–water partition coefficient (Wildman–Crippen LogP) is 4.48. The van der Waals surface area contributed by atoms with Gasteiger partial charge in [-0.05, 0) is 55.7 Å². The summed E-state index contributed by atoms with van der Waals surface area (Å²) in [5.74, 6) is 0.441. The lowest BCUT2D eigenvalue weighted by Crippen LogP contribution is -2.48. The number of amides is 2. The predicted molar refractivity (Wildman–Crippen MR) is 121 cm³/mol. The number of rotatable bonds is 4. The Hall–Kier alpha value is -2.82. The first-order valence-corrected chi connectivity index (χ1v) is 11.1. The van der Waals surface area contributed by atoms with Crippen LogP contribution in [0.15, 0.2) is 48.5 Å². The van der Waals surface area contributed by atoms with E-state index < -0.39 is 0 Å². The van der Waals surface area contributed by atoms with Crippen molar-refractivity contribution in [2.24, 2.45) is 5.92 Å². The molecule has 2 aliphatic rings. The molecule has 1 saturated carbocycles. The van der Waals surface area contributed by atoms with E-state index in [1.54, 1.807) is 0 Å². The van der Waals surface area contributed by atoms with Gasteiger partial charge in [0.1, 0.15) is 0 Å². The van der Waals surface area contributed by atoms with Gasteiger partial charge in [0.2, 0.25) is 5.91 Å². The summed E-state index contributed by atoms with van der Waals surface area (Å²) in [6.07, 6.45) is 5.60. The molecule has 2 fully saturated rings. The molecule has 1 heterocycles. The molecule has 2 amide bonds. The zero-order valence-electron chi connectivity index (χ0n) is 17.8. The fourth-order valence-corrected chi connectivity index (χ4v) is 4.52. The largest absolute Gasteiger partial charge is 0.368 e. The first kappa shape index (κ1) is 20.5. The van der Waals surface area contributed by atoms with Gasteiger partial charge in [-0.25, -0.2) is 0 Å². The minimum absolute atomic E-state index is 0.119. The van der Waals surface area contributed by atoms with Gasteiger partial charge >= 0.3 is 0 Å². The van der Waals surface area contributed by atoms with Crippen LogP contribution in [0, 0.1) is 12.8 Å². The number of aryl methyl sites for hydroxylation is 1. The highest BCUT2D eigenvalue weighted by atomic mass is 16.2. The van der Waals surface area contributed by atoms with Crippen LogP contribution in [-0.4, -0.2) is 42.9 Å². The summed E-state index contributed by atoms with van der Waals surface area (Å²) in [4.78, 5) is 29.5. The molecule has 30 heavy (non-hydrogen) atoms. The molecular formula is C25H31N3O2. The van der Waals surface area contributed by atoms with Crippen LogP contribution >= 0.6 is 0 Å². The maximum Gasteiger partial charge on any atom is 0.254 e. The molecule has 2 aromatic rings. The van der Waals surface area contributed by atoms with Crippen molar-refractivity contribution in [2.45, 2.75) is 39.0 Å². The fourth-order valence-electron chi connectivity index (χ4n) is 4.52. The summed E-state index contributed by atoms with van der Waals surface area (Å²) in [6, 6.07) is 15.9. The standard InChI is InChI=1S/C25H31N3O2/c1-19-7-5-6-10-23(19)25(30)28-17-15-27(16-18-28)22-13-11-21(12-14-22)26-24(29)20-8-3-2-4-9-20/h5-7,10-14,20H,2-4,8-9,15-18H2,1H3,(H,26,29). The highest BCUT2D eigenvalue weighted by Crippen LogP contribution is 2.26. The Balaban J connectivity index is 1.31. The van der Waals surface area contributed by atoms with E-state index in [2.05, 4.69) is 22.3 Å². The van der Waals surface area contributed by atoms with Crippen molar-refractivity contribution in [3.05, 3.63) is 59.7 Å². The van der Waals surface area contributed by atoms with Crippen LogP contribution in [0.2, 0.25) is 0 Å². The van der Waals surface area contributed by atoms with Crippen molar-refractivity contribution in [1.29, 1.82) is 0 Å². The van der Waals surface area contributed by atoms with E-state index in [0.717, 1.165) is 61.3 Å². The van der Waals surface area contributed by atoms with Crippen LogP contribution in [0.4, 0.5) is 11.4 Å². The van der Waals surface area contributed by atoms with Crippen molar-refractivity contribution < 1.29 is 9.59 Å². The first-order chi connectivity index (χ1) is 14.6.